The van der Waals surface area contributed by atoms with Gasteiger partial charge in [0.15, 0.2) is 9.84 Å². The summed E-state index contributed by atoms with van der Waals surface area (Å²) >= 11 is 0. The third-order valence-corrected chi connectivity index (χ3v) is 3.82. The predicted octanol–water partition coefficient (Wildman–Crippen LogP) is 0.0427. The second-order valence-electron chi connectivity index (χ2n) is 2.90. The van der Waals surface area contributed by atoms with E-state index in [1.807, 2.05) is 0 Å². The van der Waals surface area contributed by atoms with Gasteiger partial charge in [0.2, 0.25) is 0 Å². The van der Waals surface area contributed by atoms with Crippen LogP contribution in [0.25, 0.3) is 0 Å². The van der Waals surface area contributed by atoms with Crippen LogP contribution in [0.5, 0.6) is 0 Å². The zero-order chi connectivity index (χ0) is 9.64. The molecule has 1 aliphatic heterocycles. The minimum atomic E-state index is -3.21. The zero-order valence-electron chi connectivity index (χ0n) is 6.57. The quantitative estimate of drug-likeness (QED) is 0.671. The second-order valence-corrected chi connectivity index (χ2v) is 4.98. The molecular formula is C7H7NO4S. The van der Waals surface area contributed by atoms with Crippen molar-refractivity contribution in [3.8, 4) is 0 Å². The molecule has 1 aromatic rings. The van der Waals surface area contributed by atoms with Crippen molar-refractivity contribution >= 4 is 15.8 Å². The van der Waals surface area contributed by atoms with E-state index in [4.69, 9.17) is 5.11 Å². The van der Waals surface area contributed by atoms with Crippen molar-refractivity contribution in [3.05, 3.63) is 17.5 Å². The summed E-state index contributed by atoms with van der Waals surface area (Å²) in [5, 5.41) is 8.59. The minimum absolute atomic E-state index is 0.0618. The highest BCUT2D eigenvalue weighted by molar-refractivity contribution is 7.91. The molecule has 0 saturated heterocycles. The predicted molar refractivity (Wildman–Crippen MR) is 43.5 cm³/mol. The average molecular weight is 201 g/mol. The van der Waals surface area contributed by atoms with Gasteiger partial charge in [0.05, 0.1) is 10.6 Å². The van der Waals surface area contributed by atoms with Crippen molar-refractivity contribution in [1.29, 1.82) is 0 Å². The Morgan fingerprint density at radius 2 is 2.23 bits per heavy atom. The van der Waals surface area contributed by atoms with Crippen LogP contribution < -0.4 is 0 Å². The number of aromatic carboxylic acids is 1. The van der Waals surface area contributed by atoms with E-state index in [1.54, 1.807) is 0 Å². The maximum Gasteiger partial charge on any atom is 0.352 e. The third-order valence-electron chi connectivity index (χ3n) is 2.04. The highest BCUT2D eigenvalue weighted by Crippen LogP contribution is 2.26. The standard InChI is InChI=1S/C7H7NO4S/c9-7(10)5-3-6-4(8-5)1-2-13(6,11)12/h3,8H,1-2H2,(H,9,10). The number of H-pyrrole nitrogens is 1. The van der Waals surface area contributed by atoms with Crippen molar-refractivity contribution in [2.45, 2.75) is 11.3 Å². The van der Waals surface area contributed by atoms with E-state index in [-0.39, 0.29) is 16.3 Å². The first-order valence-corrected chi connectivity index (χ1v) is 5.34. The summed E-state index contributed by atoms with van der Waals surface area (Å²) in [6.45, 7) is 0. The van der Waals surface area contributed by atoms with Gasteiger partial charge in [0.25, 0.3) is 0 Å². The molecule has 70 valence electrons. The Balaban J connectivity index is 2.61. The van der Waals surface area contributed by atoms with E-state index in [0.29, 0.717) is 12.1 Å². The average Bonchev–Trinajstić information content (AvgIpc) is 2.53. The summed E-state index contributed by atoms with van der Waals surface area (Å²) in [6, 6.07) is 1.18. The Morgan fingerprint density at radius 3 is 2.77 bits per heavy atom. The number of hydrogen-bond donors (Lipinski definition) is 2. The molecule has 0 fully saturated rings. The van der Waals surface area contributed by atoms with E-state index in [1.165, 1.54) is 6.07 Å². The molecule has 0 bridgehead atoms. The number of fused-ring (bicyclic) bond motifs is 1. The molecule has 0 radical (unpaired) electrons. The van der Waals surface area contributed by atoms with Gasteiger partial charge < -0.3 is 10.1 Å². The molecule has 2 rings (SSSR count). The number of nitrogens with one attached hydrogen (secondary N) is 1. The molecule has 0 aromatic carbocycles. The van der Waals surface area contributed by atoms with Crippen LogP contribution in [0.3, 0.4) is 0 Å². The lowest BCUT2D eigenvalue weighted by atomic mass is 10.3. The van der Waals surface area contributed by atoms with Crippen LogP contribution in [-0.4, -0.2) is 30.2 Å². The van der Waals surface area contributed by atoms with Gasteiger partial charge in [-0.2, -0.15) is 0 Å². The molecule has 0 spiro atoms. The van der Waals surface area contributed by atoms with Gasteiger partial charge in [-0.15, -0.1) is 0 Å². The van der Waals surface area contributed by atoms with Gasteiger partial charge in [-0.05, 0) is 6.07 Å². The molecule has 0 amide bonds. The second kappa shape index (κ2) is 2.35. The molecule has 6 heteroatoms. The smallest absolute Gasteiger partial charge is 0.352 e. The number of rotatable bonds is 1. The molecule has 0 saturated carbocycles. The number of carboxylic acid groups (broad SMARTS) is 1. The zero-order valence-corrected chi connectivity index (χ0v) is 7.39. The third kappa shape index (κ3) is 1.14. The summed E-state index contributed by atoms with van der Waals surface area (Å²) < 4.78 is 22.6. The lowest BCUT2D eigenvalue weighted by molar-refractivity contribution is 0.0691. The Kier molecular flexibility index (Phi) is 1.50. The van der Waals surface area contributed by atoms with Crippen molar-refractivity contribution in [2.24, 2.45) is 0 Å². The van der Waals surface area contributed by atoms with Crippen LogP contribution in [-0.2, 0) is 16.3 Å². The number of hydrogen-bond acceptors (Lipinski definition) is 3. The number of aromatic amines is 1. The van der Waals surface area contributed by atoms with E-state index in [0.717, 1.165) is 0 Å². The molecule has 1 aromatic heterocycles. The SMILES string of the molecule is O=C(O)c1cc2c([nH]1)CCS2(=O)=O. The summed E-state index contributed by atoms with van der Waals surface area (Å²) in [5.41, 5.74) is 0.450. The van der Waals surface area contributed by atoms with Crippen LogP contribution in [0.4, 0.5) is 0 Å². The molecule has 0 atom stereocenters. The number of sulfone groups is 1. The van der Waals surface area contributed by atoms with Gasteiger partial charge in [0.1, 0.15) is 5.69 Å². The number of aryl methyl sites for hydroxylation is 1. The Bertz CT molecular complexity index is 471. The molecular weight excluding hydrogens is 194 g/mol. The van der Waals surface area contributed by atoms with Crippen LogP contribution in [0.1, 0.15) is 16.2 Å². The maximum absolute atomic E-state index is 11.3. The minimum Gasteiger partial charge on any atom is -0.477 e. The Labute approximate surface area is 74.3 Å². The number of carbonyl (C=O) groups is 1. The maximum atomic E-state index is 11.3. The summed E-state index contributed by atoms with van der Waals surface area (Å²) in [6.07, 6.45) is 0.380. The van der Waals surface area contributed by atoms with Crippen LogP contribution in [0.2, 0.25) is 0 Å². The molecule has 2 heterocycles. The molecule has 2 N–H and O–H groups in total. The van der Waals surface area contributed by atoms with Crippen molar-refractivity contribution in [1.82, 2.24) is 4.98 Å². The fraction of sp³-hybridized carbons (Fsp3) is 0.286. The van der Waals surface area contributed by atoms with Crippen molar-refractivity contribution in [3.63, 3.8) is 0 Å². The first-order chi connectivity index (χ1) is 6.00. The first-order valence-electron chi connectivity index (χ1n) is 3.68. The fourth-order valence-corrected chi connectivity index (χ4v) is 2.92. The highest BCUT2D eigenvalue weighted by Gasteiger charge is 2.29. The molecule has 5 nitrogen and oxygen atoms in total. The normalized spacial score (nSPS) is 18.5. The van der Waals surface area contributed by atoms with Crippen molar-refractivity contribution < 1.29 is 18.3 Å². The van der Waals surface area contributed by atoms with E-state index in [9.17, 15) is 13.2 Å². The van der Waals surface area contributed by atoms with Gasteiger partial charge in [-0.1, -0.05) is 0 Å². The molecule has 1 aliphatic rings. The van der Waals surface area contributed by atoms with E-state index >= 15 is 0 Å². The van der Waals surface area contributed by atoms with Crippen LogP contribution in [0.15, 0.2) is 11.0 Å². The highest BCUT2D eigenvalue weighted by atomic mass is 32.2. The summed E-state index contributed by atoms with van der Waals surface area (Å²) in [7, 11) is -3.21. The van der Waals surface area contributed by atoms with E-state index in [2.05, 4.69) is 4.98 Å². The van der Waals surface area contributed by atoms with Gasteiger partial charge in [-0.3, -0.25) is 0 Å². The van der Waals surface area contributed by atoms with Gasteiger partial charge in [0, 0.05) is 12.1 Å². The van der Waals surface area contributed by atoms with Gasteiger partial charge >= 0.3 is 5.97 Å². The molecule has 0 unspecified atom stereocenters. The number of carboxylic acids is 1. The Morgan fingerprint density at radius 1 is 1.54 bits per heavy atom. The lowest BCUT2D eigenvalue weighted by Gasteiger charge is -1.89. The largest absolute Gasteiger partial charge is 0.477 e. The first kappa shape index (κ1) is 8.31. The monoisotopic (exact) mass is 201 g/mol. The van der Waals surface area contributed by atoms with Crippen molar-refractivity contribution in [2.75, 3.05) is 5.75 Å². The van der Waals surface area contributed by atoms with Crippen LogP contribution in [0, 0.1) is 0 Å². The molecule has 13 heavy (non-hydrogen) atoms. The van der Waals surface area contributed by atoms with E-state index < -0.39 is 15.8 Å². The lowest BCUT2D eigenvalue weighted by Crippen LogP contribution is -2.01. The topological polar surface area (TPSA) is 87.2 Å². The summed E-state index contributed by atoms with van der Waals surface area (Å²) in [5.74, 6) is -1.06. The van der Waals surface area contributed by atoms with Gasteiger partial charge in [-0.25, -0.2) is 13.2 Å². The summed E-state index contributed by atoms with van der Waals surface area (Å²) in [4.78, 5) is 13.2. The molecule has 0 aliphatic carbocycles. The number of aromatic nitrogens is 1. The fourth-order valence-electron chi connectivity index (χ4n) is 1.40. The Hall–Kier alpha value is -1.30. The van der Waals surface area contributed by atoms with Crippen LogP contribution >= 0.6 is 0 Å².